The molecule has 17 heavy (non-hydrogen) atoms. The van der Waals surface area contributed by atoms with Crippen molar-refractivity contribution >= 4 is 28.9 Å². The van der Waals surface area contributed by atoms with E-state index < -0.39 is 0 Å². The van der Waals surface area contributed by atoms with Crippen LogP contribution in [0.5, 0.6) is 0 Å². The molecular formula is C12H16ClNO2S. The molecule has 0 radical (unpaired) electrons. The lowest BCUT2D eigenvalue weighted by Gasteiger charge is -2.33. The SMILES string of the molecule is COC(=O)[C@H]1CCCCN1Cc1ccc(Cl)s1. The lowest BCUT2D eigenvalue weighted by molar-refractivity contribution is -0.148. The fourth-order valence-corrected chi connectivity index (χ4v) is 3.33. The molecule has 1 saturated heterocycles. The summed E-state index contributed by atoms with van der Waals surface area (Å²) in [5, 5.41) is 0. The van der Waals surface area contributed by atoms with E-state index in [9.17, 15) is 4.79 Å². The van der Waals surface area contributed by atoms with Gasteiger partial charge < -0.3 is 4.74 Å². The van der Waals surface area contributed by atoms with Crippen molar-refractivity contribution < 1.29 is 9.53 Å². The van der Waals surface area contributed by atoms with Gasteiger partial charge in [0.25, 0.3) is 0 Å². The molecule has 3 nitrogen and oxygen atoms in total. The average molecular weight is 274 g/mol. The number of halogens is 1. The summed E-state index contributed by atoms with van der Waals surface area (Å²) in [6, 6.07) is 3.84. The van der Waals surface area contributed by atoms with E-state index in [0.29, 0.717) is 0 Å². The quantitative estimate of drug-likeness (QED) is 0.793. The van der Waals surface area contributed by atoms with Crippen molar-refractivity contribution in [2.75, 3.05) is 13.7 Å². The molecule has 1 aliphatic rings. The molecule has 0 aliphatic carbocycles. The number of nitrogens with zero attached hydrogens (tertiary/aromatic N) is 1. The highest BCUT2D eigenvalue weighted by molar-refractivity contribution is 7.16. The topological polar surface area (TPSA) is 29.5 Å². The third-order valence-electron chi connectivity index (χ3n) is 3.07. The summed E-state index contributed by atoms with van der Waals surface area (Å²) < 4.78 is 5.66. The third-order valence-corrected chi connectivity index (χ3v) is 4.29. The highest BCUT2D eigenvalue weighted by Crippen LogP contribution is 2.26. The van der Waals surface area contributed by atoms with Crippen LogP contribution in [0.2, 0.25) is 4.34 Å². The maximum atomic E-state index is 11.7. The Morgan fingerprint density at radius 2 is 2.41 bits per heavy atom. The van der Waals surface area contributed by atoms with Gasteiger partial charge in [-0.25, -0.2) is 0 Å². The molecule has 0 N–H and O–H groups in total. The van der Waals surface area contributed by atoms with Crippen molar-refractivity contribution in [3.05, 3.63) is 21.3 Å². The van der Waals surface area contributed by atoms with Gasteiger partial charge in [0.05, 0.1) is 11.4 Å². The third kappa shape index (κ3) is 3.21. The van der Waals surface area contributed by atoms with Crippen LogP contribution in [0.15, 0.2) is 12.1 Å². The lowest BCUT2D eigenvalue weighted by Crippen LogP contribution is -2.44. The van der Waals surface area contributed by atoms with E-state index in [-0.39, 0.29) is 12.0 Å². The standard InChI is InChI=1S/C12H16ClNO2S/c1-16-12(15)10-4-2-3-7-14(10)8-9-5-6-11(13)17-9/h5-6,10H,2-4,7-8H2,1H3/t10-/m1/s1. The van der Waals surface area contributed by atoms with E-state index >= 15 is 0 Å². The minimum Gasteiger partial charge on any atom is -0.468 e. The van der Waals surface area contributed by atoms with Crippen LogP contribution in [0.3, 0.4) is 0 Å². The van der Waals surface area contributed by atoms with E-state index in [1.807, 2.05) is 12.1 Å². The molecule has 0 spiro atoms. The Labute approximate surface area is 110 Å². The van der Waals surface area contributed by atoms with E-state index in [1.54, 1.807) is 11.3 Å². The van der Waals surface area contributed by atoms with E-state index in [0.717, 1.165) is 36.7 Å². The summed E-state index contributed by atoms with van der Waals surface area (Å²) in [5.41, 5.74) is 0. The maximum absolute atomic E-state index is 11.7. The normalized spacial score (nSPS) is 21.4. The second-order valence-electron chi connectivity index (χ2n) is 4.21. The van der Waals surface area contributed by atoms with Crippen molar-refractivity contribution in [2.45, 2.75) is 31.8 Å². The van der Waals surface area contributed by atoms with E-state index in [4.69, 9.17) is 16.3 Å². The Morgan fingerprint density at radius 1 is 1.59 bits per heavy atom. The van der Waals surface area contributed by atoms with Crippen molar-refractivity contribution in [2.24, 2.45) is 0 Å². The zero-order valence-corrected chi connectivity index (χ0v) is 11.4. The molecular weight excluding hydrogens is 258 g/mol. The van der Waals surface area contributed by atoms with Gasteiger partial charge in [0.1, 0.15) is 6.04 Å². The molecule has 2 rings (SSSR count). The number of carbonyl (C=O) groups excluding carboxylic acids is 1. The summed E-state index contributed by atoms with van der Waals surface area (Å²) in [6.45, 7) is 1.74. The first-order chi connectivity index (χ1) is 8.20. The van der Waals surface area contributed by atoms with Gasteiger partial charge in [0.15, 0.2) is 0 Å². The highest BCUT2D eigenvalue weighted by Gasteiger charge is 2.29. The highest BCUT2D eigenvalue weighted by atomic mass is 35.5. The van der Waals surface area contributed by atoms with Crippen LogP contribution in [0.1, 0.15) is 24.1 Å². The number of ether oxygens (including phenoxy) is 1. The van der Waals surface area contributed by atoms with Gasteiger partial charge in [0.2, 0.25) is 0 Å². The summed E-state index contributed by atoms with van der Waals surface area (Å²) >= 11 is 7.49. The lowest BCUT2D eigenvalue weighted by atomic mass is 10.0. The van der Waals surface area contributed by atoms with Gasteiger partial charge in [-0.2, -0.15) is 0 Å². The van der Waals surface area contributed by atoms with Gasteiger partial charge in [-0.1, -0.05) is 18.0 Å². The first-order valence-electron chi connectivity index (χ1n) is 5.77. The number of rotatable bonds is 3. The molecule has 2 heterocycles. The Hall–Kier alpha value is -0.580. The molecule has 0 bridgehead atoms. The first-order valence-corrected chi connectivity index (χ1v) is 6.96. The smallest absolute Gasteiger partial charge is 0.323 e. The Bertz CT molecular complexity index is 394. The van der Waals surface area contributed by atoms with Crippen molar-refractivity contribution in [3.63, 3.8) is 0 Å². The predicted octanol–water partition coefficient (Wildman–Crippen LogP) is 2.93. The molecule has 1 aromatic heterocycles. The number of thiophene rings is 1. The fraction of sp³-hybridized carbons (Fsp3) is 0.583. The summed E-state index contributed by atoms with van der Waals surface area (Å²) in [5.74, 6) is -0.118. The first kappa shape index (κ1) is 12.9. The van der Waals surface area contributed by atoms with Crippen molar-refractivity contribution in [1.82, 2.24) is 4.90 Å². The second-order valence-corrected chi connectivity index (χ2v) is 6.01. The Balaban J connectivity index is 2.03. The molecule has 1 atom stereocenters. The van der Waals surface area contributed by atoms with Gasteiger partial charge >= 0.3 is 5.97 Å². The second kappa shape index (κ2) is 5.85. The number of likely N-dealkylation sites (tertiary alicyclic amines) is 1. The minimum absolute atomic E-state index is 0.0883. The van der Waals surface area contributed by atoms with Gasteiger partial charge in [-0.15, -0.1) is 11.3 Å². The Kier molecular flexibility index (Phi) is 4.42. The van der Waals surface area contributed by atoms with Crippen molar-refractivity contribution in [1.29, 1.82) is 0 Å². The molecule has 0 aromatic carbocycles. The number of esters is 1. The molecule has 5 heteroatoms. The maximum Gasteiger partial charge on any atom is 0.323 e. The molecule has 0 saturated carbocycles. The van der Waals surface area contributed by atoms with Crippen LogP contribution in [-0.2, 0) is 16.1 Å². The molecule has 94 valence electrons. The van der Waals surface area contributed by atoms with Gasteiger partial charge in [0, 0.05) is 11.4 Å². The number of methoxy groups -OCH3 is 1. The predicted molar refractivity (Wildman–Crippen MR) is 69.4 cm³/mol. The van der Waals surface area contributed by atoms with Crippen LogP contribution < -0.4 is 0 Å². The molecule has 0 amide bonds. The average Bonchev–Trinajstić information content (AvgIpc) is 2.74. The van der Waals surface area contributed by atoms with Crippen LogP contribution in [0.4, 0.5) is 0 Å². The largest absolute Gasteiger partial charge is 0.468 e. The molecule has 1 aliphatic heterocycles. The zero-order valence-electron chi connectivity index (χ0n) is 9.82. The molecule has 0 unspecified atom stereocenters. The summed E-state index contributed by atoms with van der Waals surface area (Å²) in [6.07, 6.45) is 3.14. The van der Waals surface area contributed by atoms with Crippen molar-refractivity contribution in [3.8, 4) is 0 Å². The summed E-state index contributed by atoms with van der Waals surface area (Å²) in [4.78, 5) is 15.1. The monoisotopic (exact) mass is 273 g/mol. The van der Waals surface area contributed by atoms with Crippen LogP contribution in [0, 0.1) is 0 Å². The number of hydrogen-bond donors (Lipinski definition) is 0. The minimum atomic E-state index is -0.118. The Morgan fingerprint density at radius 3 is 3.06 bits per heavy atom. The van der Waals surface area contributed by atoms with E-state index in [1.165, 1.54) is 12.0 Å². The number of piperidine rings is 1. The fourth-order valence-electron chi connectivity index (χ4n) is 2.22. The summed E-state index contributed by atoms with van der Waals surface area (Å²) in [7, 11) is 1.46. The molecule has 1 aromatic rings. The van der Waals surface area contributed by atoms with Crippen LogP contribution >= 0.6 is 22.9 Å². The van der Waals surface area contributed by atoms with Gasteiger partial charge in [-0.3, -0.25) is 9.69 Å². The van der Waals surface area contributed by atoms with Crippen LogP contribution in [-0.4, -0.2) is 30.6 Å². The number of carbonyl (C=O) groups is 1. The van der Waals surface area contributed by atoms with Gasteiger partial charge in [-0.05, 0) is 31.5 Å². The van der Waals surface area contributed by atoms with E-state index in [2.05, 4.69) is 4.90 Å². The number of hydrogen-bond acceptors (Lipinski definition) is 4. The molecule has 1 fully saturated rings. The van der Waals surface area contributed by atoms with Crippen LogP contribution in [0.25, 0.3) is 0 Å². The zero-order chi connectivity index (χ0) is 12.3.